The van der Waals surface area contributed by atoms with Crippen molar-refractivity contribution in [1.29, 1.82) is 0 Å². The highest BCUT2D eigenvalue weighted by atomic mass is 16.2. The van der Waals surface area contributed by atoms with Crippen LogP contribution in [0.2, 0.25) is 0 Å². The average molecular weight is 758 g/mol. The number of hydrogen-bond acceptors (Lipinski definition) is 9. The van der Waals surface area contributed by atoms with Crippen molar-refractivity contribution in [3.63, 3.8) is 0 Å². The molecule has 0 saturated carbocycles. The number of piperidine rings is 1. The van der Waals surface area contributed by atoms with Gasteiger partial charge >= 0.3 is 0 Å². The number of benzene rings is 2. The van der Waals surface area contributed by atoms with Crippen LogP contribution in [0.1, 0.15) is 113 Å². The number of aryl methyl sites for hydroxylation is 2. The number of hydrogen-bond donors (Lipinski definition) is 4. The number of carbonyl (C=O) groups is 5. The van der Waals surface area contributed by atoms with Crippen LogP contribution in [0, 0.1) is 6.92 Å². The SMILES string of the molecule is Cc1nn(CCCCCCCCNc2cccc3c2C(=O)N(C2CCC(=O)NC2=O)C3=O)c2cc(C(=O)Nc3cc4[nH]c([C@@H]5CCCN5C)cc4cn3)ccc12. The number of nitrogens with zero attached hydrogens (tertiary/aromatic N) is 5. The van der Waals surface area contributed by atoms with Crippen molar-refractivity contribution in [3.8, 4) is 0 Å². The topological polar surface area (TPSA) is 174 Å². The van der Waals surface area contributed by atoms with Crippen LogP contribution < -0.4 is 16.0 Å². The lowest BCUT2D eigenvalue weighted by molar-refractivity contribution is -0.136. The van der Waals surface area contributed by atoms with Crippen LogP contribution in [0.4, 0.5) is 11.5 Å². The molecule has 1 unspecified atom stereocenters. The normalized spacial score (nSPS) is 18.6. The average Bonchev–Trinajstić information content (AvgIpc) is 3.95. The largest absolute Gasteiger partial charge is 0.384 e. The summed E-state index contributed by atoms with van der Waals surface area (Å²) in [6.07, 6.45) is 10.4. The van der Waals surface area contributed by atoms with Gasteiger partial charge in [-0.1, -0.05) is 37.8 Å². The first kappa shape index (κ1) is 37.1. The monoisotopic (exact) mass is 757 g/mol. The van der Waals surface area contributed by atoms with E-state index < -0.39 is 29.7 Å². The molecular formula is C42H47N9O5. The van der Waals surface area contributed by atoms with Gasteiger partial charge in [0.2, 0.25) is 11.8 Å². The third-order valence-electron chi connectivity index (χ3n) is 11.4. The molecule has 2 aromatic carbocycles. The van der Waals surface area contributed by atoms with E-state index in [1.165, 1.54) is 12.1 Å². The van der Waals surface area contributed by atoms with Crippen LogP contribution in [-0.2, 0) is 16.1 Å². The molecule has 2 atom stereocenters. The third kappa shape index (κ3) is 7.28. The van der Waals surface area contributed by atoms with Gasteiger partial charge in [-0.05, 0) is 83.0 Å². The maximum absolute atomic E-state index is 13.4. The minimum atomic E-state index is -0.986. The summed E-state index contributed by atoms with van der Waals surface area (Å²) < 4.78 is 2.00. The zero-order valence-electron chi connectivity index (χ0n) is 31.8. The summed E-state index contributed by atoms with van der Waals surface area (Å²) in [6, 6.07) is 14.3. The number of anilines is 2. The summed E-state index contributed by atoms with van der Waals surface area (Å²) in [6.45, 7) is 4.48. The molecule has 14 heteroatoms. The Hall–Kier alpha value is -5.89. The van der Waals surface area contributed by atoms with Gasteiger partial charge in [-0.15, -0.1) is 0 Å². The molecule has 56 heavy (non-hydrogen) atoms. The number of likely N-dealkylation sites (tertiary alicyclic amines) is 1. The van der Waals surface area contributed by atoms with Crippen LogP contribution >= 0.6 is 0 Å². The van der Waals surface area contributed by atoms with Gasteiger partial charge in [-0.2, -0.15) is 5.10 Å². The summed E-state index contributed by atoms with van der Waals surface area (Å²) in [7, 11) is 2.15. The van der Waals surface area contributed by atoms with E-state index in [-0.39, 0.29) is 29.9 Å². The molecule has 2 saturated heterocycles. The second-order valence-electron chi connectivity index (χ2n) is 15.2. The minimum absolute atomic E-state index is 0.0845. The molecule has 2 fully saturated rings. The van der Waals surface area contributed by atoms with E-state index in [1.54, 1.807) is 18.2 Å². The van der Waals surface area contributed by atoms with E-state index in [4.69, 9.17) is 5.10 Å². The van der Waals surface area contributed by atoms with Crippen LogP contribution in [-0.4, -0.2) is 85.3 Å². The smallest absolute Gasteiger partial charge is 0.264 e. The minimum Gasteiger partial charge on any atom is -0.384 e. The molecule has 6 heterocycles. The quantitative estimate of drug-likeness (QED) is 0.0772. The lowest BCUT2D eigenvalue weighted by atomic mass is 10.0. The molecule has 8 rings (SSSR count). The number of fused-ring (bicyclic) bond motifs is 3. The van der Waals surface area contributed by atoms with Gasteiger partial charge in [0.05, 0.1) is 27.9 Å². The Morgan fingerprint density at radius 2 is 1.75 bits per heavy atom. The molecule has 3 aromatic heterocycles. The molecule has 0 spiro atoms. The zero-order chi connectivity index (χ0) is 38.9. The van der Waals surface area contributed by atoms with Gasteiger partial charge in [0, 0.05) is 65.5 Å². The number of pyridine rings is 1. The highest BCUT2D eigenvalue weighted by molar-refractivity contribution is 6.25. The number of aromatic amines is 1. The van der Waals surface area contributed by atoms with Gasteiger partial charge in [-0.3, -0.25) is 43.8 Å². The van der Waals surface area contributed by atoms with Crippen molar-refractivity contribution in [2.45, 2.75) is 89.8 Å². The third-order valence-corrected chi connectivity index (χ3v) is 11.4. The first-order chi connectivity index (χ1) is 27.2. The molecule has 0 radical (unpaired) electrons. The van der Waals surface area contributed by atoms with Crippen LogP contribution in [0.5, 0.6) is 0 Å². The highest BCUT2D eigenvalue weighted by Gasteiger charge is 2.45. The van der Waals surface area contributed by atoms with Crippen LogP contribution in [0.15, 0.2) is 54.7 Å². The molecule has 14 nitrogen and oxygen atoms in total. The molecule has 4 N–H and O–H groups in total. The Bertz CT molecular complexity index is 2360. The lowest BCUT2D eigenvalue weighted by Gasteiger charge is -2.27. The Balaban J connectivity index is 0.793. The maximum atomic E-state index is 13.4. The van der Waals surface area contributed by atoms with Gasteiger partial charge in [0.25, 0.3) is 17.7 Å². The lowest BCUT2D eigenvalue weighted by Crippen LogP contribution is -2.54. The Labute approximate surface area is 324 Å². The van der Waals surface area contributed by atoms with E-state index in [2.05, 4.69) is 43.9 Å². The molecule has 0 aliphatic carbocycles. The Kier molecular flexibility index (Phi) is 10.4. The summed E-state index contributed by atoms with van der Waals surface area (Å²) in [5, 5.41) is 15.4. The zero-order valence-corrected chi connectivity index (χ0v) is 31.8. The van der Waals surface area contributed by atoms with Crippen molar-refractivity contribution in [3.05, 3.63) is 82.8 Å². The fourth-order valence-electron chi connectivity index (χ4n) is 8.42. The summed E-state index contributed by atoms with van der Waals surface area (Å²) in [5.41, 5.74) is 5.69. The second-order valence-corrected chi connectivity index (χ2v) is 15.2. The van der Waals surface area contributed by atoms with Crippen molar-refractivity contribution >= 4 is 62.8 Å². The molecule has 290 valence electrons. The number of H-pyrrole nitrogens is 1. The van der Waals surface area contributed by atoms with E-state index >= 15 is 0 Å². The summed E-state index contributed by atoms with van der Waals surface area (Å²) in [4.78, 5) is 75.2. The van der Waals surface area contributed by atoms with Crippen molar-refractivity contribution in [2.24, 2.45) is 0 Å². The standard InChI is InChI=1S/C42H47N9O5/c1-25-28-15-14-26(39(53)46-36-23-31-27(24-44-36)21-32(45-31)33-13-10-19-49(33)2)22-35(28)50(48-25)20-8-6-4-3-5-7-18-43-30-12-9-11-29-38(30)42(56)51(41(29)55)34-16-17-37(52)47-40(34)54/h9,11-12,14-15,21-24,33-34,43,45H,3-8,10,13,16-20H2,1-2H3,(H,44,46,53)(H,47,52,54)/t33-,34?/m0/s1. The fourth-order valence-corrected chi connectivity index (χ4v) is 8.42. The number of unbranched alkanes of at least 4 members (excludes halogenated alkanes) is 5. The fraction of sp³-hybridized carbons (Fsp3) is 0.405. The first-order valence-corrected chi connectivity index (χ1v) is 19.7. The van der Waals surface area contributed by atoms with E-state index in [0.29, 0.717) is 29.7 Å². The number of rotatable bonds is 14. The van der Waals surface area contributed by atoms with Crippen LogP contribution in [0.3, 0.4) is 0 Å². The first-order valence-electron chi connectivity index (χ1n) is 19.7. The Morgan fingerprint density at radius 1 is 0.929 bits per heavy atom. The molecular weight excluding hydrogens is 711 g/mol. The van der Waals surface area contributed by atoms with E-state index in [0.717, 1.165) is 90.4 Å². The van der Waals surface area contributed by atoms with Crippen molar-refractivity contribution in [2.75, 3.05) is 30.8 Å². The number of carbonyl (C=O) groups excluding carboxylic acids is 5. The molecule has 3 aliphatic rings. The number of amides is 5. The molecule has 3 aliphatic heterocycles. The van der Waals surface area contributed by atoms with E-state index in [1.807, 2.05) is 42.1 Å². The van der Waals surface area contributed by atoms with Gasteiger partial charge in [-0.25, -0.2) is 4.98 Å². The van der Waals surface area contributed by atoms with E-state index in [9.17, 15) is 24.0 Å². The maximum Gasteiger partial charge on any atom is 0.264 e. The molecule has 0 bridgehead atoms. The number of nitrogens with one attached hydrogen (secondary N) is 4. The van der Waals surface area contributed by atoms with Crippen molar-refractivity contribution < 1.29 is 24.0 Å². The van der Waals surface area contributed by atoms with Gasteiger partial charge in [0.15, 0.2) is 0 Å². The summed E-state index contributed by atoms with van der Waals surface area (Å²) >= 11 is 0. The predicted molar refractivity (Wildman–Crippen MR) is 212 cm³/mol. The van der Waals surface area contributed by atoms with Crippen molar-refractivity contribution in [1.82, 2.24) is 34.9 Å². The van der Waals surface area contributed by atoms with Crippen LogP contribution in [0.25, 0.3) is 21.8 Å². The molecule has 5 aromatic rings. The Morgan fingerprint density at radius 3 is 2.55 bits per heavy atom. The highest BCUT2D eigenvalue weighted by Crippen LogP contribution is 2.34. The predicted octanol–water partition coefficient (Wildman–Crippen LogP) is 6.09. The van der Waals surface area contributed by atoms with Gasteiger partial charge in [0.1, 0.15) is 11.9 Å². The van der Waals surface area contributed by atoms with Gasteiger partial charge < -0.3 is 15.6 Å². The second kappa shape index (κ2) is 15.7. The summed E-state index contributed by atoms with van der Waals surface area (Å²) in [5.74, 6) is -1.74. The molecule has 5 amide bonds. The number of imide groups is 2. The number of aromatic nitrogens is 4.